The Balaban J connectivity index is 1.31. The van der Waals surface area contributed by atoms with Crippen LogP contribution in [0, 0.1) is 23.7 Å². The van der Waals surface area contributed by atoms with E-state index in [9.17, 15) is 9.90 Å². The molecule has 2 heterocycles. The standard InChI is InChI=1S/C34H40N2O4/c1-22(2)20-36(29(37)14-11-23-7-5-4-6-8-23)26-15-16-34(38)28-19-25-12-13-27(39-3)31-30(25)33(34,32(26)40-31)17-18-35(28)21-24-9-10-24/h4-8,12-13,22,24,26,28,32,38H,9-10,15-21H2,1-3H3/t26-,28+,32-,33-,34+/m0/s1. The number of benzene rings is 2. The number of carbonyl (C=O) groups is 1. The third kappa shape index (κ3) is 3.81. The van der Waals surface area contributed by atoms with Gasteiger partial charge in [-0.15, -0.1) is 0 Å². The number of ether oxygens (including phenoxy) is 2. The lowest BCUT2D eigenvalue weighted by molar-refractivity contribution is -0.201. The van der Waals surface area contributed by atoms with Crippen LogP contribution >= 0.6 is 0 Å². The Kier molecular flexibility index (Phi) is 6.18. The second kappa shape index (κ2) is 9.53. The Morgan fingerprint density at radius 2 is 1.98 bits per heavy atom. The summed E-state index contributed by atoms with van der Waals surface area (Å²) in [5.41, 5.74) is 1.75. The van der Waals surface area contributed by atoms with Crippen molar-refractivity contribution in [2.24, 2.45) is 11.8 Å². The van der Waals surface area contributed by atoms with E-state index >= 15 is 0 Å². The van der Waals surface area contributed by atoms with Crippen LogP contribution in [-0.4, -0.2) is 71.3 Å². The molecule has 2 bridgehead atoms. The molecule has 5 aliphatic rings. The van der Waals surface area contributed by atoms with Gasteiger partial charge >= 0.3 is 0 Å². The fourth-order valence-electron chi connectivity index (χ4n) is 8.41. The molecule has 2 aliphatic heterocycles. The van der Waals surface area contributed by atoms with Crippen LogP contribution in [0.15, 0.2) is 42.5 Å². The first-order valence-electron chi connectivity index (χ1n) is 15.1. The number of rotatable bonds is 6. The number of hydrogen-bond acceptors (Lipinski definition) is 5. The van der Waals surface area contributed by atoms with Crippen LogP contribution < -0.4 is 9.47 Å². The Labute approximate surface area is 237 Å². The van der Waals surface area contributed by atoms with Gasteiger partial charge in [-0.05, 0) is 80.7 Å². The van der Waals surface area contributed by atoms with Crippen LogP contribution in [0.4, 0.5) is 0 Å². The summed E-state index contributed by atoms with van der Waals surface area (Å²) in [6, 6.07) is 13.8. The van der Waals surface area contributed by atoms with Crippen LogP contribution in [0.5, 0.6) is 11.5 Å². The number of hydrogen-bond donors (Lipinski definition) is 1. The van der Waals surface area contributed by atoms with Crippen molar-refractivity contribution < 1.29 is 19.4 Å². The summed E-state index contributed by atoms with van der Waals surface area (Å²) in [5.74, 6) is 8.38. The van der Waals surface area contributed by atoms with Gasteiger partial charge in [-0.3, -0.25) is 9.69 Å². The number of methoxy groups -OCH3 is 1. The highest BCUT2D eigenvalue weighted by atomic mass is 16.5. The zero-order valence-corrected chi connectivity index (χ0v) is 23.9. The lowest BCUT2D eigenvalue weighted by Crippen LogP contribution is -2.78. The molecule has 0 radical (unpaired) electrons. The lowest BCUT2D eigenvalue weighted by Gasteiger charge is -2.64. The first-order valence-corrected chi connectivity index (χ1v) is 15.1. The molecule has 3 aliphatic carbocycles. The lowest BCUT2D eigenvalue weighted by atomic mass is 9.48. The van der Waals surface area contributed by atoms with Gasteiger partial charge in [0.05, 0.1) is 24.2 Å². The number of nitrogens with zero attached hydrogens (tertiary/aromatic N) is 2. The summed E-state index contributed by atoms with van der Waals surface area (Å²) in [4.78, 5) is 18.4. The van der Waals surface area contributed by atoms with Gasteiger partial charge in [0.2, 0.25) is 0 Å². The van der Waals surface area contributed by atoms with Crippen molar-refractivity contribution in [2.45, 2.75) is 81.6 Å². The normalized spacial score (nSPS) is 31.6. The van der Waals surface area contributed by atoms with Crippen molar-refractivity contribution in [2.75, 3.05) is 26.7 Å². The zero-order chi connectivity index (χ0) is 27.6. The van der Waals surface area contributed by atoms with Gasteiger partial charge in [-0.1, -0.05) is 44.0 Å². The van der Waals surface area contributed by atoms with Gasteiger partial charge in [0.15, 0.2) is 11.5 Å². The number of likely N-dealkylation sites (tertiary alicyclic amines) is 1. The van der Waals surface area contributed by atoms with Crippen molar-refractivity contribution in [3.8, 4) is 23.3 Å². The minimum absolute atomic E-state index is 0.0628. The van der Waals surface area contributed by atoms with Gasteiger partial charge in [-0.2, -0.15) is 0 Å². The van der Waals surface area contributed by atoms with E-state index in [0.29, 0.717) is 25.1 Å². The van der Waals surface area contributed by atoms with Crippen molar-refractivity contribution in [3.05, 3.63) is 59.2 Å². The molecule has 6 nitrogen and oxygen atoms in total. The summed E-state index contributed by atoms with van der Waals surface area (Å²) in [7, 11) is 1.68. The van der Waals surface area contributed by atoms with Crippen LogP contribution in [0.25, 0.3) is 0 Å². The van der Waals surface area contributed by atoms with Crippen molar-refractivity contribution >= 4 is 5.91 Å². The van der Waals surface area contributed by atoms with Crippen LogP contribution in [-0.2, 0) is 16.6 Å². The topological polar surface area (TPSA) is 62.2 Å². The third-order valence-electron chi connectivity index (χ3n) is 10.2. The van der Waals surface area contributed by atoms with Crippen LogP contribution in [0.1, 0.15) is 62.6 Å². The predicted octanol–water partition coefficient (Wildman–Crippen LogP) is 4.16. The van der Waals surface area contributed by atoms with Gasteiger partial charge in [0.1, 0.15) is 6.10 Å². The van der Waals surface area contributed by atoms with E-state index in [2.05, 4.69) is 36.7 Å². The number of amides is 1. The molecule has 2 aromatic rings. The third-order valence-corrected chi connectivity index (χ3v) is 10.2. The zero-order valence-electron chi connectivity index (χ0n) is 23.9. The molecule has 2 aromatic carbocycles. The summed E-state index contributed by atoms with van der Waals surface area (Å²) < 4.78 is 12.7. The molecule has 210 valence electrons. The number of aliphatic hydroxyl groups is 1. The second-order valence-corrected chi connectivity index (χ2v) is 13.0. The molecule has 6 heteroatoms. The number of carbonyl (C=O) groups excluding carboxylic acids is 1. The molecule has 5 atom stereocenters. The van der Waals surface area contributed by atoms with Gasteiger partial charge in [0.25, 0.3) is 5.91 Å². The summed E-state index contributed by atoms with van der Waals surface area (Å²) >= 11 is 0. The summed E-state index contributed by atoms with van der Waals surface area (Å²) in [6.45, 7) is 6.89. The van der Waals surface area contributed by atoms with E-state index in [1.165, 1.54) is 18.4 Å². The Hall–Kier alpha value is -3.01. The molecule has 0 unspecified atom stereocenters. The molecule has 1 amide bonds. The molecule has 40 heavy (non-hydrogen) atoms. The molecule has 2 saturated carbocycles. The Morgan fingerprint density at radius 3 is 2.70 bits per heavy atom. The first kappa shape index (κ1) is 25.9. The van der Waals surface area contributed by atoms with E-state index in [-0.39, 0.29) is 30.0 Å². The minimum Gasteiger partial charge on any atom is -0.493 e. The maximum absolute atomic E-state index is 13.8. The average Bonchev–Trinajstić information content (AvgIpc) is 3.70. The van der Waals surface area contributed by atoms with Crippen LogP contribution in [0.3, 0.4) is 0 Å². The molecule has 1 spiro atoms. The number of piperidine rings is 1. The van der Waals surface area contributed by atoms with E-state index in [4.69, 9.17) is 9.47 Å². The smallest absolute Gasteiger partial charge is 0.299 e. The molecule has 0 aromatic heterocycles. The summed E-state index contributed by atoms with van der Waals surface area (Å²) in [6.07, 6.45) is 5.24. The predicted molar refractivity (Wildman–Crippen MR) is 153 cm³/mol. The quantitative estimate of drug-likeness (QED) is 0.558. The fraction of sp³-hybridized carbons (Fsp3) is 0.559. The average molecular weight is 541 g/mol. The maximum atomic E-state index is 13.8. The maximum Gasteiger partial charge on any atom is 0.299 e. The second-order valence-electron chi connectivity index (χ2n) is 13.0. The highest BCUT2D eigenvalue weighted by Gasteiger charge is 2.73. The first-order chi connectivity index (χ1) is 19.4. The molecular formula is C34H40N2O4. The monoisotopic (exact) mass is 540 g/mol. The van der Waals surface area contributed by atoms with Gasteiger partial charge in [-0.25, -0.2) is 0 Å². The fourth-order valence-corrected chi connectivity index (χ4v) is 8.41. The van der Waals surface area contributed by atoms with Crippen molar-refractivity contribution in [1.82, 2.24) is 9.80 Å². The van der Waals surface area contributed by atoms with Crippen molar-refractivity contribution in [3.63, 3.8) is 0 Å². The van der Waals surface area contributed by atoms with E-state index in [1.54, 1.807) is 7.11 Å². The highest BCUT2D eigenvalue weighted by Crippen LogP contribution is 2.66. The van der Waals surface area contributed by atoms with Gasteiger partial charge in [0, 0.05) is 36.2 Å². The van der Waals surface area contributed by atoms with Gasteiger partial charge < -0.3 is 19.5 Å². The molecule has 3 fully saturated rings. The van der Waals surface area contributed by atoms with E-state index < -0.39 is 11.0 Å². The SMILES string of the molecule is COc1ccc2c3c1O[C@H]1[C@@H](N(CC(C)C)C(=O)C#Cc4ccccc4)CC[C@@]4(O)[C@@H](C2)N(CC2CC2)CC[C@]314. The molecular weight excluding hydrogens is 500 g/mol. The molecule has 1 saturated heterocycles. The highest BCUT2D eigenvalue weighted by molar-refractivity contribution is 5.94. The summed E-state index contributed by atoms with van der Waals surface area (Å²) in [5, 5.41) is 12.9. The van der Waals surface area contributed by atoms with E-state index in [0.717, 1.165) is 48.7 Å². The van der Waals surface area contributed by atoms with Crippen LogP contribution in [0.2, 0.25) is 0 Å². The Bertz CT molecular complexity index is 1380. The molecule has 7 rings (SSSR count). The largest absolute Gasteiger partial charge is 0.493 e. The Morgan fingerprint density at radius 1 is 1.18 bits per heavy atom. The van der Waals surface area contributed by atoms with E-state index in [1.807, 2.05) is 41.3 Å². The molecule has 1 N–H and O–H groups in total. The van der Waals surface area contributed by atoms with Crippen molar-refractivity contribution in [1.29, 1.82) is 0 Å². The minimum atomic E-state index is -0.909.